The Hall–Kier alpha value is -4.22. The molecule has 6 N–H and O–H groups in total. The third-order valence-electron chi connectivity index (χ3n) is 11.0. The SMILES string of the molecule is CC1(C)C(/C=C/C2=C(NCCC(=O)O)C(=C/C=C3\N(CCCS(=O)(=O)O)c4ccc(S(=O)(=O)O)cc4C3(C)C)/CCC2)=[N+](CCCS(=O)(=O)O)c2ccc(S(=O)(=O)O)cc21. The predicted molar refractivity (Wildman–Crippen MR) is 224 cm³/mol. The molecule has 17 nitrogen and oxygen atoms in total. The standard InChI is InChI=1S/C39H49N3O14S4/c1-38(2)30-24-28(59(51,52)53)12-14-32(30)41(20-6-22-57(45,46)47)34(38)16-10-26-8-5-9-27(37(26)40-19-18-36(43)44)11-17-35-39(3,4)31-25-29(60(54,55)56)13-15-33(31)42(35)21-7-23-58(48,49)50/h10-17,24-25H,5-9,18-23H2,1-4H3,(H5,43,44,45,46,47,48,49,50,51,52,53,54,55,56)/p+1/b26-10+,34-16-. The number of hydrogen-bond donors (Lipinski definition) is 6. The number of hydrogen-bond acceptors (Lipinski definition) is 11. The van der Waals surface area contributed by atoms with Crippen LogP contribution in [0.5, 0.6) is 0 Å². The molecule has 0 fully saturated rings. The molecule has 0 radical (unpaired) electrons. The lowest BCUT2D eigenvalue weighted by molar-refractivity contribution is -0.437. The van der Waals surface area contributed by atoms with Crippen LogP contribution in [-0.2, 0) is 56.1 Å². The van der Waals surface area contributed by atoms with E-state index >= 15 is 0 Å². The summed E-state index contributed by atoms with van der Waals surface area (Å²) in [5.41, 5.74) is 4.10. The molecule has 2 aromatic carbocycles. The summed E-state index contributed by atoms with van der Waals surface area (Å²) in [6.07, 6.45) is 9.04. The summed E-state index contributed by atoms with van der Waals surface area (Å²) in [5.74, 6) is -2.06. The molecule has 2 aliphatic heterocycles. The smallest absolute Gasteiger partial charge is 0.305 e. The fourth-order valence-corrected chi connectivity index (χ4v) is 10.1. The molecule has 2 heterocycles. The van der Waals surface area contributed by atoms with Gasteiger partial charge in [0.25, 0.3) is 40.5 Å². The molecule has 0 atom stereocenters. The van der Waals surface area contributed by atoms with E-state index in [4.69, 9.17) is 0 Å². The van der Waals surface area contributed by atoms with E-state index in [1.165, 1.54) is 36.4 Å². The van der Waals surface area contributed by atoms with Crippen molar-refractivity contribution in [1.82, 2.24) is 5.32 Å². The molecule has 328 valence electrons. The largest absolute Gasteiger partial charge is 0.481 e. The first-order valence-corrected chi connectivity index (χ1v) is 25.1. The van der Waals surface area contributed by atoms with E-state index in [9.17, 15) is 61.8 Å². The first-order valence-electron chi connectivity index (χ1n) is 19.0. The fourth-order valence-electron chi connectivity index (χ4n) is 8.06. The van der Waals surface area contributed by atoms with Gasteiger partial charge in [-0.25, -0.2) is 0 Å². The molecule has 60 heavy (non-hydrogen) atoms. The Balaban J connectivity index is 1.63. The molecule has 0 aromatic heterocycles. The summed E-state index contributed by atoms with van der Waals surface area (Å²) < 4.78 is 135. The van der Waals surface area contributed by atoms with Gasteiger partial charge in [0.1, 0.15) is 6.54 Å². The zero-order valence-electron chi connectivity index (χ0n) is 33.5. The van der Waals surface area contributed by atoms with Crippen LogP contribution in [0.15, 0.2) is 93.0 Å². The van der Waals surface area contributed by atoms with Crippen molar-refractivity contribution < 1.29 is 66.4 Å². The number of carbonyl (C=O) groups is 1. The second-order valence-electron chi connectivity index (χ2n) is 15.9. The highest BCUT2D eigenvalue weighted by molar-refractivity contribution is 7.86. The highest BCUT2D eigenvalue weighted by Gasteiger charge is 2.45. The zero-order valence-corrected chi connectivity index (χ0v) is 36.8. The van der Waals surface area contributed by atoms with Gasteiger partial charge in [-0.1, -0.05) is 26.0 Å². The fraction of sp³-hybridized carbons (Fsp3) is 0.436. The van der Waals surface area contributed by atoms with Crippen LogP contribution in [0.2, 0.25) is 0 Å². The average molecular weight is 913 g/mol. The van der Waals surface area contributed by atoms with E-state index in [-0.39, 0.29) is 48.7 Å². The second-order valence-corrected chi connectivity index (χ2v) is 21.9. The van der Waals surface area contributed by atoms with Crippen LogP contribution in [-0.4, -0.2) is 104 Å². The number of carboxylic acid groups (broad SMARTS) is 1. The summed E-state index contributed by atoms with van der Waals surface area (Å²) in [7, 11) is -17.7. The molecule has 3 aliphatic rings. The molecule has 0 amide bonds. The summed E-state index contributed by atoms with van der Waals surface area (Å²) in [6.45, 7) is 7.73. The van der Waals surface area contributed by atoms with Crippen LogP contribution in [0.1, 0.15) is 77.3 Å². The number of anilines is 1. The van der Waals surface area contributed by atoms with Crippen LogP contribution in [0.3, 0.4) is 0 Å². The van der Waals surface area contributed by atoms with Gasteiger partial charge in [0, 0.05) is 59.7 Å². The highest BCUT2D eigenvalue weighted by Crippen LogP contribution is 2.49. The normalized spacial score (nSPS) is 19.4. The minimum absolute atomic E-state index is 0.0299. The summed E-state index contributed by atoms with van der Waals surface area (Å²) in [6, 6.07) is 8.29. The molecule has 0 unspecified atom stereocenters. The average Bonchev–Trinajstić information content (AvgIpc) is 3.45. The highest BCUT2D eigenvalue weighted by atomic mass is 32.2. The van der Waals surface area contributed by atoms with Crippen LogP contribution in [0.4, 0.5) is 11.4 Å². The zero-order chi connectivity index (χ0) is 44.6. The van der Waals surface area contributed by atoms with Crippen molar-refractivity contribution in [3.05, 3.63) is 94.4 Å². The van der Waals surface area contributed by atoms with Gasteiger partial charge in [0.05, 0.1) is 33.1 Å². The summed E-state index contributed by atoms with van der Waals surface area (Å²) in [4.78, 5) is 12.8. The predicted octanol–water partition coefficient (Wildman–Crippen LogP) is 4.78. The van der Waals surface area contributed by atoms with E-state index in [0.717, 1.165) is 11.1 Å². The topological polar surface area (TPSA) is 273 Å². The number of allylic oxidation sites excluding steroid dienone is 7. The van der Waals surface area contributed by atoms with Crippen LogP contribution >= 0.6 is 0 Å². The third-order valence-corrected chi connectivity index (χ3v) is 14.3. The van der Waals surface area contributed by atoms with Gasteiger partial charge in [-0.15, -0.1) is 0 Å². The van der Waals surface area contributed by atoms with Crippen LogP contribution in [0, 0.1) is 0 Å². The number of nitrogens with zero attached hydrogens (tertiary/aromatic N) is 2. The number of rotatable bonds is 17. The quantitative estimate of drug-likeness (QED) is 0.0921. The maximum Gasteiger partial charge on any atom is 0.305 e. The minimum Gasteiger partial charge on any atom is -0.481 e. The van der Waals surface area contributed by atoms with Gasteiger partial charge in [0.15, 0.2) is 5.71 Å². The van der Waals surface area contributed by atoms with Crippen LogP contribution in [0.25, 0.3) is 0 Å². The first-order chi connectivity index (χ1) is 27.6. The van der Waals surface area contributed by atoms with Gasteiger partial charge in [-0.2, -0.15) is 38.2 Å². The Bertz CT molecular complexity index is 2690. The lowest BCUT2D eigenvalue weighted by atomic mass is 9.81. The molecule has 5 rings (SSSR count). The Labute approximate surface area is 350 Å². The Morgan fingerprint density at radius 3 is 1.98 bits per heavy atom. The molecule has 21 heteroatoms. The monoisotopic (exact) mass is 912 g/mol. The molecule has 1 aliphatic carbocycles. The number of benzene rings is 2. The third kappa shape index (κ3) is 10.8. The molecular weight excluding hydrogens is 863 g/mol. The van der Waals surface area contributed by atoms with Crippen molar-refractivity contribution in [1.29, 1.82) is 0 Å². The van der Waals surface area contributed by atoms with E-state index < -0.39 is 68.8 Å². The van der Waals surface area contributed by atoms with Gasteiger partial charge >= 0.3 is 5.97 Å². The first kappa shape index (κ1) is 46.8. The van der Waals surface area contributed by atoms with E-state index in [1.54, 1.807) is 0 Å². The number of carboxylic acids is 1. The Kier molecular flexibility index (Phi) is 13.5. The lowest BCUT2D eigenvalue weighted by Gasteiger charge is -2.27. The van der Waals surface area contributed by atoms with Crippen molar-refractivity contribution in [3.63, 3.8) is 0 Å². The molecule has 0 saturated carbocycles. The van der Waals surface area contributed by atoms with E-state index in [1.807, 2.05) is 61.5 Å². The van der Waals surface area contributed by atoms with Gasteiger partial charge in [0.2, 0.25) is 5.69 Å². The molecular formula is C39H50N3O14S4+. The van der Waals surface area contributed by atoms with Crippen LogP contribution < -0.4 is 10.2 Å². The maximum atomic E-state index is 12.1. The Morgan fingerprint density at radius 1 is 0.783 bits per heavy atom. The molecule has 0 bridgehead atoms. The van der Waals surface area contributed by atoms with Crippen molar-refractivity contribution in [3.8, 4) is 0 Å². The number of fused-ring (bicyclic) bond motifs is 2. The van der Waals surface area contributed by atoms with Crippen molar-refractivity contribution in [2.75, 3.05) is 36.0 Å². The Morgan fingerprint density at radius 2 is 1.38 bits per heavy atom. The van der Waals surface area contributed by atoms with Crippen molar-refractivity contribution in [2.45, 2.75) is 86.8 Å². The van der Waals surface area contributed by atoms with Gasteiger partial charge in [-0.3, -0.25) is 23.0 Å². The van der Waals surface area contributed by atoms with Crippen molar-refractivity contribution in [2.24, 2.45) is 0 Å². The molecule has 0 saturated heterocycles. The summed E-state index contributed by atoms with van der Waals surface area (Å²) in [5, 5.41) is 12.8. The molecule has 0 spiro atoms. The number of nitrogens with one attached hydrogen (secondary N) is 1. The summed E-state index contributed by atoms with van der Waals surface area (Å²) >= 11 is 0. The maximum absolute atomic E-state index is 12.1. The lowest BCUT2D eigenvalue weighted by Crippen LogP contribution is -2.28. The van der Waals surface area contributed by atoms with E-state index in [0.29, 0.717) is 58.9 Å². The van der Waals surface area contributed by atoms with E-state index in [2.05, 4.69) is 5.32 Å². The van der Waals surface area contributed by atoms with Gasteiger partial charge in [-0.05, 0) is 92.6 Å². The number of aliphatic carboxylic acids is 1. The second kappa shape index (κ2) is 17.3. The van der Waals surface area contributed by atoms with Gasteiger partial charge < -0.3 is 15.3 Å². The minimum atomic E-state index is -4.56. The molecule has 2 aromatic rings. The van der Waals surface area contributed by atoms with Crippen molar-refractivity contribution >= 4 is 63.5 Å².